The molecular weight excluding hydrogens is 506 g/mol. The number of halogens is 2. The molecule has 1 aliphatic heterocycles. The molecule has 0 aliphatic carbocycles. The highest BCUT2D eigenvalue weighted by Gasteiger charge is 2.33. The van der Waals surface area contributed by atoms with Crippen molar-refractivity contribution in [2.45, 2.75) is 13.1 Å². The van der Waals surface area contributed by atoms with Gasteiger partial charge in [-0.05, 0) is 29.8 Å². The first-order chi connectivity index (χ1) is 18.9. The summed E-state index contributed by atoms with van der Waals surface area (Å²) in [6.45, 7) is -0.219. The number of urea groups is 1. The zero-order valence-corrected chi connectivity index (χ0v) is 21.0. The normalized spacial score (nSPS) is 13.3. The Balaban J connectivity index is 1.74. The van der Waals surface area contributed by atoms with E-state index in [1.807, 2.05) is 30.3 Å². The second-order valence-corrected chi connectivity index (χ2v) is 8.38. The first-order valence-corrected chi connectivity index (χ1v) is 11.9. The molecule has 1 aromatic heterocycles. The number of anilines is 4. The smallest absolute Gasteiger partial charge is 0.330 e. The molecule has 3 amide bonds. The van der Waals surface area contributed by atoms with Gasteiger partial charge in [0, 0.05) is 43.3 Å². The van der Waals surface area contributed by atoms with Crippen LogP contribution in [0.3, 0.4) is 0 Å². The Morgan fingerprint density at radius 3 is 2.67 bits per heavy atom. The van der Waals surface area contributed by atoms with Crippen LogP contribution in [0.25, 0.3) is 0 Å². The summed E-state index contributed by atoms with van der Waals surface area (Å²) in [5, 5.41) is 15.3. The predicted molar refractivity (Wildman–Crippen MR) is 145 cm³/mol. The molecule has 10 nitrogen and oxygen atoms in total. The zero-order valence-electron chi connectivity index (χ0n) is 21.0. The van der Waals surface area contributed by atoms with E-state index in [0.717, 1.165) is 17.7 Å². The Kier molecular flexibility index (Phi) is 8.57. The predicted octanol–water partition coefficient (Wildman–Crippen LogP) is 4.63. The molecule has 200 valence electrons. The number of rotatable bonds is 10. The van der Waals surface area contributed by atoms with Gasteiger partial charge in [0.2, 0.25) is 17.8 Å². The van der Waals surface area contributed by atoms with Crippen molar-refractivity contribution in [3.63, 3.8) is 0 Å². The average Bonchev–Trinajstić information content (AvgIpc) is 2.93. The minimum absolute atomic E-state index is 0.0206. The third kappa shape index (κ3) is 6.60. The molecule has 0 saturated heterocycles. The van der Waals surface area contributed by atoms with Gasteiger partial charge in [0.15, 0.2) is 5.82 Å². The molecule has 0 saturated carbocycles. The molecule has 0 radical (unpaired) electrons. The van der Waals surface area contributed by atoms with Crippen molar-refractivity contribution in [1.82, 2.24) is 20.2 Å². The molecule has 2 aromatic carbocycles. The van der Waals surface area contributed by atoms with Crippen molar-refractivity contribution in [2.24, 2.45) is 0 Å². The molecule has 2 heterocycles. The van der Waals surface area contributed by atoms with Gasteiger partial charge in [-0.1, -0.05) is 36.4 Å². The summed E-state index contributed by atoms with van der Waals surface area (Å²) in [6.07, 6.45) is 4.96. The second kappa shape index (κ2) is 12.4. The fourth-order valence-electron chi connectivity index (χ4n) is 3.91. The van der Waals surface area contributed by atoms with Gasteiger partial charge in [-0.2, -0.15) is 9.37 Å². The largest absolute Gasteiger partial charge is 0.392 e. The molecule has 3 aromatic rings. The number of carbonyl (C=O) groups excluding carboxylic acids is 2. The Morgan fingerprint density at radius 1 is 1.15 bits per heavy atom. The number of nitrogens with zero attached hydrogens (tertiary/aromatic N) is 4. The maximum atomic E-state index is 13.8. The monoisotopic (exact) mass is 532 g/mol. The number of alkyl halides is 1. The van der Waals surface area contributed by atoms with Crippen LogP contribution in [0.15, 0.2) is 84.8 Å². The van der Waals surface area contributed by atoms with Crippen LogP contribution in [-0.2, 0) is 17.9 Å². The molecule has 0 bridgehead atoms. The fraction of sp³-hybridized carbons (Fsp3) is 0.148. The van der Waals surface area contributed by atoms with Gasteiger partial charge < -0.3 is 20.9 Å². The molecule has 1 aliphatic rings. The lowest BCUT2D eigenvalue weighted by Gasteiger charge is -2.36. The van der Waals surface area contributed by atoms with Crippen LogP contribution < -0.4 is 20.9 Å². The van der Waals surface area contributed by atoms with Crippen LogP contribution in [0.4, 0.5) is 36.7 Å². The Bertz CT molecular complexity index is 1430. The summed E-state index contributed by atoms with van der Waals surface area (Å²) in [7, 11) is 1.55. The zero-order chi connectivity index (χ0) is 27.8. The van der Waals surface area contributed by atoms with E-state index in [1.54, 1.807) is 36.2 Å². The second-order valence-electron chi connectivity index (χ2n) is 8.38. The van der Waals surface area contributed by atoms with E-state index in [4.69, 9.17) is 5.41 Å². The number of allylic oxidation sites excluding steroid dienone is 2. The van der Waals surface area contributed by atoms with Crippen molar-refractivity contribution in [1.29, 1.82) is 5.41 Å². The van der Waals surface area contributed by atoms with Gasteiger partial charge >= 0.3 is 6.03 Å². The van der Waals surface area contributed by atoms with Crippen molar-refractivity contribution < 1.29 is 18.4 Å². The van der Waals surface area contributed by atoms with Crippen LogP contribution in [-0.4, -0.2) is 46.5 Å². The lowest BCUT2D eigenvalue weighted by Crippen LogP contribution is -2.45. The molecule has 39 heavy (non-hydrogen) atoms. The number of carbonyl (C=O) groups is 2. The molecule has 4 rings (SSSR count). The van der Waals surface area contributed by atoms with Crippen molar-refractivity contribution in [2.75, 3.05) is 29.3 Å². The van der Waals surface area contributed by atoms with Gasteiger partial charge in [0.05, 0.1) is 12.2 Å². The lowest BCUT2D eigenvalue weighted by atomic mass is 10.1. The van der Waals surface area contributed by atoms with E-state index >= 15 is 0 Å². The van der Waals surface area contributed by atoms with Crippen LogP contribution in [0.2, 0.25) is 0 Å². The lowest BCUT2D eigenvalue weighted by molar-refractivity contribution is -0.111. The topological polar surface area (TPSA) is 126 Å². The number of aromatic nitrogens is 2. The molecule has 12 heteroatoms. The highest BCUT2D eigenvalue weighted by Crippen LogP contribution is 2.35. The molecule has 0 spiro atoms. The molecule has 0 unspecified atom stereocenters. The Morgan fingerprint density at radius 2 is 1.95 bits per heavy atom. The fourth-order valence-corrected chi connectivity index (χ4v) is 3.91. The first-order valence-electron chi connectivity index (χ1n) is 11.9. The minimum atomic E-state index is -1.22. The van der Waals surface area contributed by atoms with Gasteiger partial charge in [0.1, 0.15) is 12.4 Å². The van der Waals surface area contributed by atoms with Crippen LogP contribution >= 0.6 is 0 Å². The quantitative estimate of drug-likeness (QED) is 0.223. The number of hydrogen-bond acceptors (Lipinski definition) is 7. The van der Waals surface area contributed by atoms with E-state index in [1.165, 1.54) is 17.3 Å². The third-order valence-electron chi connectivity index (χ3n) is 5.59. The number of nitrogens with one attached hydrogen (secondary N) is 4. The van der Waals surface area contributed by atoms with E-state index in [9.17, 15) is 18.4 Å². The Labute approximate surface area is 223 Å². The first kappa shape index (κ1) is 26.9. The van der Waals surface area contributed by atoms with E-state index in [-0.39, 0.29) is 30.0 Å². The van der Waals surface area contributed by atoms with E-state index in [2.05, 4.69) is 25.9 Å². The maximum Gasteiger partial charge on any atom is 0.330 e. The van der Waals surface area contributed by atoms with E-state index in [0.29, 0.717) is 23.5 Å². The maximum absolute atomic E-state index is 13.8. The highest BCUT2D eigenvalue weighted by molar-refractivity contribution is 6.03. The van der Waals surface area contributed by atoms with Crippen LogP contribution in [0, 0.1) is 5.41 Å². The Hall–Kier alpha value is -5.13. The van der Waals surface area contributed by atoms with Gasteiger partial charge in [0.25, 0.3) is 0 Å². The highest BCUT2D eigenvalue weighted by atomic mass is 19.1. The van der Waals surface area contributed by atoms with Crippen LogP contribution in [0.5, 0.6) is 0 Å². The SMILES string of the molecule is CN/C=C(/Nc1ncc2c(n1)N(c1cccc(NC(=O)/C=C/CF)c1)C(=O)N(Cc1ccccc1)C2)C(=N)F. The summed E-state index contributed by atoms with van der Waals surface area (Å²) < 4.78 is 26.1. The summed E-state index contributed by atoms with van der Waals surface area (Å²) in [6, 6.07) is 15.7. The third-order valence-corrected chi connectivity index (χ3v) is 5.59. The van der Waals surface area contributed by atoms with Gasteiger partial charge in [-0.3, -0.25) is 10.2 Å². The number of amides is 3. The number of hydrogen-bond donors (Lipinski definition) is 4. The van der Waals surface area contributed by atoms with E-state index < -0.39 is 18.5 Å². The van der Waals surface area contributed by atoms with Gasteiger partial charge in [-0.15, -0.1) is 0 Å². The van der Waals surface area contributed by atoms with Crippen molar-refractivity contribution >= 4 is 41.0 Å². The summed E-state index contributed by atoms with van der Waals surface area (Å²) in [5.41, 5.74) is 2.15. The molecule has 4 N–H and O–H groups in total. The van der Waals surface area contributed by atoms with Crippen LogP contribution in [0.1, 0.15) is 11.1 Å². The van der Waals surface area contributed by atoms with Crippen molar-refractivity contribution in [3.05, 3.63) is 96.0 Å². The summed E-state index contributed by atoms with van der Waals surface area (Å²) in [4.78, 5) is 37.7. The standard InChI is InChI=1S/C27H26F2N8O2/c1-31-15-22(24(29)30)34-26-32-14-19-17-36(16-18-7-3-2-4-8-18)27(39)37(25(19)35-26)21-10-5-9-20(13-21)33-23(38)11-6-12-28/h2-11,13-15,30-31H,12,16-17H2,1H3,(H,33,38)(H,32,34,35)/b11-6+,22-15+,30-24?. The summed E-state index contributed by atoms with van der Waals surface area (Å²) in [5.74, 6) is -1.50. The van der Waals surface area contributed by atoms with Gasteiger partial charge in [-0.25, -0.2) is 19.1 Å². The molecular formula is C27H26F2N8O2. The average molecular weight is 533 g/mol. The molecule has 0 fully saturated rings. The summed E-state index contributed by atoms with van der Waals surface area (Å²) >= 11 is 0. The number of benzene rings is 2. The molecule has 0 atom stereocenters. The minimum Gasteiger partial charge on any atom is -0.392 e. The number of fused-ring (bicyclic) bond motifs is 1. The van der Waals surface area contributed by atoms with Crippen molar-refractivity contribution in [3.8, 4) is 0 Å².